The molecule has 256 valence electrons. The van der Waals surface area contributed by atoms with Crippen molar-refractivity contribution in [3.63, 3.8) is 0 Å². The standard InChI is InChI=1S/C38H67NO4Si2/c1-16-31-21-22-32-29(18-17-23-37(31,32)11)19-20-30-24-38(41-26-34(40)39-27(2)3,43-45(14,15)36(8,9)10)25-33(28(30)4)42-44(12,13)35(5,6)7/h19-21,27,32-33H,4,16-18,22-26H2,1-3,5-15H3,(H,39,40)/t32-,33-,37+,38+/m0/s1. The molecule has 0 heterocycles. The van der Waals surface area contributed by atoms with Crippen LogP contribution < -0.4 is 5.32 Å². The zero-order chi connectivity index (χ0) is 34.2. The van der Waals surface area contributed by atoms with E-state index in [2.05, 4.69) is 112 Å². The number of nitrogens with one attached hydrogen (secondary N) is 1. The van der Waals surface area contributed by atoms with Crippen molar-refractivity contribution < 1.29 is 18.4 Å². The van der Waals surface area contributed by atoms with Gasteiger partial charge in [0.05, 0.1) is 6.10 Å². The van der Waals surface area contributed by atoms with E-state index in [1.807, 2.05) is 13.8 Å². The number of hydrogen-bond donors (Lipinski definition) is 1. The van der Waals surface area contributed by atoms with E-state index in [-0.39, 0.29) is 40.2 Å². The van der Waals surface area contributed by atoms with Crippen molar-refractivity contribution in [1.82, 2.24) is 5.32 Å². The summed E-state index contributed by atoms with van der Waals surface area (Å²) in [5.41, 5.74) is 5.60. The molecule has 0 aromatic rings. The van der Waals surface area contributed by atoms with Crippen molar-refractivity contribution in [2.45, 2.75) is 168 Å². The molecule has 3 aliphatic rings. The van der Waals surface area contributed by atoms with Gasteiger partial charge in [-0.1, -0.05) is 91.3 Å². The third kappa shape index (κ3) is 8.62. The third-order valence-electron chi connectivity index (χ3n) is 11.8. The first-order chi connectivity index (χ1) is 20.5. The van der Waals surface area contributed by atoms with Crippen LogP contribution in [0.2, 0.25) is 36.3 Å². The Hall–Kier alpha value is -1.26. The lowest BCUT2D eigenvalue weighted by atomic mass is 9.64. The van der Waals surface area contributed by atoms with E-state index < -0.39 is 22.4 Å². The fraction of sp³-hybridized carbons (Fsp3) is 0.763. The zero-order valence-corrected chi connectivity index (χ0v) is 33.5. The monoisotopic (exact) mass is 657 g/mol. The van der Waals surface area contributed by atoms with Gasteiger partial charge in [0.25, 0.3) is 0 Å². The predicted octanol–water partition coefficient (Wildman–Crippen LogP) is 10.4. The van der Waals surface area contributed by atoms with Crippen molar-refractivity contribution in [2.75, 3.05) is 6.61 Å². The van der Waals surface area contributed by atoms with Gasteiger partial charge in [0.1, 0.15) is 6.61 Å². The molecule has 2 saturated carbocycles. The Morgan fingerprint density at radius 3 is 2.27 bits per heavy atom. The first-order valence-corrected chi connectivity index (χ1v) is 23.4. The zero-order valence-electron chi connectivity index (χ0n) is 31.5. The van der Waals surface area contributed by atoms with Crippen LogP contribution in [0.3, 0.4) is 0 Å². The highest BCUT2D eigenvalue weighted by molar-refractivity contribution is 6.74. The lowest BCUT2D eigenvalue weighted by Crippen LogP contribution is -2.56. The van der Waals surface area contributed by atoms with E-state index in [1.165, 1.54) is 12.8 Å². The van der Waals surface area contributed by atoms with E-state index in [1.54, 1.807) is 11.1 Å². The fourth-order valence-electron chi connectivity index (χ4n) is 6.96. The Morgan fingerprint density at radius 2 is 1.71 bits per heavy atom. The average Bonchev–Trinajstić information content (AvgIpc) is 3.23. The quantitative estimate of drug-likeness (QED) is 0.144. The molecule has 2 fully saturated rings. The van der Waals surface area contributed by atoms with Gasteiger partial charge in [-0.25, -0.2) is 0 Å². The van der Waals surface area contributed by atoms with Gasteiger partial charge >= 0.3 is 0 Å². The topological polar surface area (TPSA) is 56.8 Å². The summed E-state index contributed by atoms with van der Waals surface area (Å²) in [7, 11) is -4.49. The van der Waals surface area contributed by atoms with Crippen LogP contribution in [0.25, 0.3) is 0 Å². The average molecular weight is 658 g/mol. The lowest BCUT2D eigenvalue weighted by Gasteiger charge is -2.51. The second kappa shape index (κ2) is 13.7. The molecule has 45 heavy (non-hydrogen) atoms. The largest absolute Gasteiger partial charge is 0.410 e. The molecule has 1 N–H and O–H groups in total. The molecule has 4 atom stereocenters. The maximum absolute atomic E-state index is 13.0. The van der Waals surface area contributed by atoms with Crippen LogP contribution in [0, 0.1) is 11.3 Å². The Balaban J connectivity index is 2.10. The molecule has 3 aliphatic carbocycles. The number of allylic oxidation sites excluding steroid dienone is 5. The number of ether oxygens (including phenoxy) is 1. The molecule has 0 radical (unpaired) electrons. The van der Waals surface area contributed by atoms with Crippen LogP contribution in [0.1, 0.15) is 114 Å². The minimum atomic E-state index is -2.32. The van der Waals surface area contributed by atoms with Gasteiger partial charge in [-0.3, -0.25) is 4.79 Å². The smallest absolute Gasteiger partial charge is 0.246 e. The minimum absolute atomic E-state index is 0.0291. The van der Waals surface area contributed by atoms with E-state index in [4.69, 9.17) is 13.6 Å². The molecule has 3 rings (SSSR count). The molecular formula is C38H67NO4Si2. The Labute approximate surface area is 279 Å². The van der Waals surface area contributed by atoms with Crippen LogP contribution >= 0.6 is 0 Å². The fourth-order valence-corrected chi connectivity index (χ4v) is 9.70. The summed E-state index contributed by atoms with van der Waals surface area (Å²) in [6, 6.07) is 0.0423. The summed E-state index contributed by atoms with van der Waals surface area (Å²) >= 11 is 0. The molecule has 0 aromatic carbocycles. The number of carbonyl (C=O) groups is 1. The summed E-state index contributed by atoms with van der Waals surface area (Å²) in [4.78, 5) is 13.0. The first kappa shape index (κ1) is 38.2. The highest BCUT2D eigenvalue weighted by atomic mass is 28.4. The SMILES string of the molecule is C=C1C(=CC=C2CCC[C@]3(C)C(CC)=CC[C@@H]23)C[C@@](OCC(=O)NC(C)C)(O[Si](C)(C)C(C)(C)C)C[C@@H]1O[Si](C)(C)C(C)(C)C. The van der Waals surface area contributed by atoms with Gasteiger partial charge in [-0.2, -0.15) is 0 Å². The van der Waals surface area contributed by atoms with Crippen molar-refractivity contribution in [1.29, 1.82) is 0 Å². The van der Waals surface area contributed by atoms with Gasteiger partial charge in [0.2, 0.25) is 5.91 Å². The van der Waals surface area contributed by atoms with Gasteiger partial charge in [-0.05, 0) is 105 Å². The Bertz CT molecular complexity index is 1200. The molecule has 0 aliphatic heterocycles. The molecule has 5 nitrogen and oxygen atoms in total. The maximum atomic E-state index is 13.0. The maximum Gasteiger partial charge on any atom is 0.246 e. The van der Waals surface area contributed by atoms with Crippen LogP contribution in [0.5, 0.6) is 0 Å². The summed E-state index contributed by atoms with van der Waals surface area (Å²) in [5.74, 6) is -0.538. The molecule has 7 heteroatoms. The highest BCUT2D eigenvalue weighted by Crippen LogP contribution is 2.55. The van der Waals surface area contributed by atoms with Crippen LogP contribution in [-0.4, -0.2) is 47.1 Å². The first-order valence-electron chi connectivity index (χ1n) is 17.6. The Morgan fingerprint density at radius 1 is 1.09 bits per heavy atom. The van der Waals surface area contributed by atoms with E-state index in [0.717, 1.165) is 30.4 Å². The van der Waals surface area contributed by atoms with Gasteiger partial charge in [-0.15, -0.1) is 0 Å². The number of rotatable bonds is 10. The molecule has 0 saturated heterocycles. The van der Waals surface area contributed by atoms with Crippen molar-refractivity contribution in [3.8, 4) is 0 Å². The molecule has 0 aromatic heterocycles. The van der Waals surface area contributed by atoms with Crippen molar-refractivity contribution in [3.05, 3.63) is 47.1 Å². The number of hydrogen-bond acceptors (Lipinski definition) is 4. The van der Waals surface area contributed by atoms with Crippen molar-refractivity contribution >= 4 is 22.5 Å². The lowest BCUT2D eigenvalue weighted by molar-refractivity contribution is -0.209. The number of amides is 1. The molecule has 1 amide bonds. The second-order valence-electron chi connectivity index (χ2n) is 17.6. The van der Waals surface area contributed by atoms with E-state index in [9.17, 15) is 4.79 Å². The summed E-state index contributed by atoms with van der Waals surface area (Å²) in [6.07, 6.45) is 13.9. The van der Waals surface area contributed by atoms with E-state index in [0.29, 0.717) is 18.8 Å². The van der Waals surface area contributed by atoms with Gasteiger partial charge < -0.3 is 18.9 Å². The molecule has 0 unspecified atom stereocenters. The molecule has 0 bridgehead atoms. The Kier molecular flexibility index (Phi) is 11.6. The normalized spacial score (nSPS) is 30.2. The number of carbonyl (C=O) groups excluding carboxylic acids is 1. The molecular weight excluding hydrogens is 591 g/mol. The van der Waals surface area contributed by atoms with Gasteiger partial charge in [0, 0.05) is 18.9 Å². The van der Waals surface area contributed by atoms with E-state index >= 15 is 0 Å². The van der Waals surface area contributed by atoms with Crippen LogP contribution in [0.15, 0.2) is 47.1 Å². The highest BCUT2D eigenvalue weighted by Gasteiger charge is 2.52. The van der Waals surface area contributed by atoms with Crippen LogP contribution in [0.4, 0.5) is 0 Å². The summed E-state index contributed by atoms with van der Waals surface area (Å²) in [6.45, 7) is 36.1. The van der Waals surface area contributed by atoms with Crippen LogP contribution in [-0.2, 0) is 18.4 Å². The number of fused-ring (bicyclic) bond motifs is 1. The van der Waals surface area contributed by atoms with Gasteiger partial charge in [0.15, 0.2) is 22.4 Å². The molecule has 0 spiro atoms. The second-order valence-corrected chi connectivity index (χ2v) is 27.1. The summed E-state index contributed by atoms with van der Waals surface area (Å²) in [5, 5.41) is 3.01. The predicted molar refractivity (Wildman–Crippen MR) is 195 cm³/mol. The third-order valence-corrected chi connectivity index (χ3v) is 20.7. The van der Waals surface area contributed by atoms with Crippen molar-refractivity contribution in [2.24, 2.45) is 11.3 Å². The minimum Gasteiger partial charge on any atom is -0.410 e. The summed E-state index contributed by atoms with van der Waals surface area (Å²) < 4.78 is 21.1.